The average molecular weight is 471 g/mol. The Morgan fingerprint density at radius 3 is 2.12 bits per heavy atom. The van der Waals surface area contributed by atoms with Gasteiger partial charge in [0, 0.05) is 23.2 Å². The predicted molar refractivity (Wildman–Crippen MR) is 123 cm³/mol. The molecule has 0 aliphatic heterocycles. The first-order valence-corrected chi connectivity index (χ1v) is 11.0. The Balaban J connectivity index is 1.65. The van der Waals surface area contributed by atoms with Crippen molar-refractivity contribution in [3.63, 3.8) is 0 Å². The number of carbonyl (C=O) groups is 1. The molecule has 0 radical (unpaired) electrons. The Labute approximate surface area is 194 Å². The normalized spacial score (nSPS) is 25.0. The molecule has 1 amide bonds. The number of anilines is 1. The van der Waals surface area contributed by atoms with Crippen LogP contribution in [0.2, 0.25) is 10.0 Å². The highest BCUT2D eigenvalue weighted by Crippen LogP contribution is 2.70. The Morgan fingerprint density at radius 1 is 1.00 bits per heavy atom. The van der Waals surface area contributed by atoms with Crippen LogP contribution >= 0.6 is 23.2 Å². The van der Waals surface area contributed by atoms with Gasteiger partial charge in [-0.3, -0.25) is 14.9 Å². The smallest absolute Gasteiger partial charge is 0.269 e. The van der Waals surface area contributed by atoms with Gasteiger partial charge in [0.1, 0.15) is 0 Å². The third-order valence-corrected chi connectivity index (χ3v) is 8.53. The summed E-state index contributed by atoms with van der Waals surface area (Å²) >= 11 is 12.4. The lowest BCUT2D eigenvalue weighted by molar-refractivity contribution is -0.384. The Hall–Kier alpha value is -2.77. The summed E-state index contributed by atoms with van der Waals surface area (Å²) in [6, 6.07) is 9.21. The summed E-state index contributed by atoms with van der Waals surface area (Å²) in [5.41, 5.74) is 1.49. The molecular formula is C23H20Cl2N4O3. The molecule has 1 fully saturated rings. The first-order valence-electron chi connectivity index (χ1n) is 10.2. The number of amides is 1. The van der Waals surface area contributed by atoms with Crippen molar-refractivity contribution in [3.8, 4) is 0 Å². The molecule has 1 heterocycles. The molecule has 5 rings (SSSR count). The fourth-order valence-corrected chi connectivity index (χ4v) is 5.82. The van der Waals surface area contributed by atoms with Gasteiger partial charge in [0.25, 0.3) is 5.69 Å². The van der Waals surface area contributed by atoms with Crippen LogP contribution in [-0.4, -0.2) is 20.8 Å². The second kappa shape index (κ2) is 6.62. The number of benzene rings is 2. The van der Waals surface area contributed by atoms with Crippen LogP contribution in [0.15, 0.2) is 36.4 Å². The Morgan fingerprint density at radius 2 is 1.56 bits per heavy atom. The van der Waals surface area contributed by atoms with Crippen LogP contribution in [0, 0.1) is 15.5 Å². The summed E-state index contributed by atoms with van der Waals surface area (Å²) in [7, 11) is 0. The van der Waals surface area contributed by atoms with Crippen molar-refractivity contribution in [1.82, 2.24) is 9.97 Å². The average Bonchev–Trinajstić information content (AvgIpc) is 3.03. The molecule has 2 unspecified atom stereocenters. The van der Waals surface area contributed by atoms with E-state index in [0.29, 0.717) is 38.9 Å². The summed E-state index contributed by atoms with van der Waals surface area (Å²) in [4.78, 5) is 34.1. The minimum atomic E-state index is -0.897. The summed E-state index contributed by atoms with van der Waals surface area (Å²) in [5, 5.41) is 14.7. The minimum absolute atomic E-state index is 0.0333. The number of nitro benzene ring substituents is 1. The lowest BCUT2D eigenvalue weighted by Crippen LogP contribution is -2.48. The molecule has 0 saturated heterocycles. The van der Waals surface area contributed by atoms with Gasteiger partial charge in [0.05, 0.1) is 42.8 Å². The van der Waals surface area contributed by atoms with Crippen LogP contribution < -0.4 is 5.32 Å². The van der Waals surface area contributed by atoms with Gasteiger partial charge >= 0.3 is 0 Å². The zero-order chi connectivity index (χ0) is 23.1. The zero-order valence-electron chi connectivity index (χ0n) is 17.7. The van der Waals surface area contributed by atoms with E-state index in [1.807, 2.05) is 0 Å². The van der Waals surface area contributed by atoms with Gasteiger partial charge in [0.15, 0.2) is 0 Å². The predicted octanol–water partition coefficient (Wildman–Crippen LogP) is 5.81. The van der Waals surface area contributed by atoms with Crippen LogP contribution in [0.1, 0.15) is 45.0 Å². The van der Waals surface area contributed by atoms with Crippen molar-refractivity contribution in [3.05, 3.63) is 67.9 Å². The number of rotatable bonds is 3. The Bertz CT molecular complexity index is 1330. The lowest BCUT2D eigenvalue weighted by atomic mass is 9.63. The van der Waals surface area contributed by atoms with Crippen molar-refractivity contribution >= 4 is 51.5 Å². The van der Waals surface area contributed by atoms with Gasteiger partial charge in [-0.2, -0.15) is 0 Å². The maximum absolute atomic E-state index is 13.8. The topological polar surface area (TPSA) is 98.0 Å². The van der Waals surface area contributed by atoms with E-state index in [-0.39, 0.29) is 17.0 Å². The van der Waals surface area contributed by atoms with Crippen LogP contribution in [0.25, 0.3) is 11.0 Å². The number of hydrogen-bond acceptors (Lipinski definition) is 5. The zero-order valence-corrected chi connectivity index (χ0v) is 19.2. The molecule has 2 aliphatic rings. The highest BCUT2D eigenvalue weighted by molar-refractivity contribution is 6.42. The van der Waals surface area contributed by atoms with Crippen molar-refractivity contribution in [2.45, 2.75) is 44.4 Å². The number of non-ortho nitro benzene ring substituents is 1. The van der Waals surface area contributed by atoms with Gasteiger partial charge in [-0.15, -0.1) is 0 Å². The van der Waals surface area contributed by atoms with E-state index in [0.717, 1.165) is 12.1 Å². The van der Waals surface area contributed by atoms with Gasteiger partial charge in [-0.25, -0.2) is 9.97 Å². The number of hydrogen-bond donors (Lipinski definition) is 1. The molecule has 0 spiro atoms. The highest BCUT2D eigenvalue weighted by Gasteiger charge is 2.73. The second-order valence-electron chi connectivity index (χ2n) is 9.30. The molecule has 1 saturated carbocycles. The van der Waals surface area contributed by atoms with Crippen molar-refractivity contribution in [1.29, 1.82) is 0 Å². The maximum Gasteiger partial charge on any atom is 0.269 e. The first kappa shape index (κ1) is 21.1. The van der Waals surface area contributed by atoms with E-state index >= 15 is 0 Å². The summed E-state index contributed by atoms with van der Waals surface area (Å²) in [6.07, 6.45) is 1.42. The largest absolute Gasteiger partial charge is 0.325 e. The number of carbonyl (C=O) groups excluding carboxylic acids is 1. The fraction of sp³-hybridized carbons (Fsp3) is 0.348. The third kappa shape index (κ3) is 2.52. The van der Waals surface area contributed by atoms with Crippen LogP contribution in [-0.2, 0) is 15.6 Å². The first-order chi connectivity index (χ1) is 15.0. The lowest BCUT2D eigenvalue weighted by Gasteiger charge is -2.39. The SMILES string of the molecule is CC12CCC(C(=O)Nc3ccc([N+](=O)[O-])cc3)(c3nc4cc(Cl)c(Cl)cc4nc31)C2(C)C. The highest BCUT2D eigenvalue weighted by atomic mass is 35.5. The van der Waals surface area contributed by atoms with Crippen LogP contribution in [0.3, 0.4) is 0 Å². The summed E-state index contributed by atoms with van der Waals surface area (Å²) < 4.78 is 0. The summed E-state index contributed by atoms with van der Waals surface area (Å²) in [6.45, 7) is 6.31. The third-order valence-electron chi connectivity index (χ3n) is 7.80. The molecule has 2 aliphatic carbocycles. The van der Waals surface area contributed by atoms with Gasteiger partial charge in [-0.1, -0.05) is 44.0 Å². The molecule has 9 heteroatoms. The number of nitrogens with one attached hydrogen (secondary N) is 1. The Kier molecular flexibility index (Phi) is 4.36. The number of nitro groups is 1. The number of fused-ring (bicyclic) bond motifs is 6. The molecule has 2 aromatic carbocycles. The van der Waals surface area contributed by atoms with Gasteiger partial charge in [0.2, 0.25) is 5.91 Å². The molecule has 3 aromatic rings. The standard InChI is InChI=1S/C23H20Cl2N4O3/c1-21(2)22(3)8-9-23(21,20(30)26-12-4-6-13(7-5-12)29(31)32)19-18(22)27-16-10-14(24)15(25)11-17(16)28-19/h4-7,10-11H,8-9H2,1-3H3,(H,26,30). The van der Waals surface area contributed by atoms with Crippen LogP contribution in [0.5, 0.6) is 0 Å². The van der Waals surface area contributed by atoms with Gasteiger partial charge in [-0.05, 0) is 42.5 Å². The molecule has 32 heavy (non-hydrogen) atoms. The van der Waals surface area contributed by atoms with E-state index in [1.54, 1.807) is 12.1 Å². The van der Waals surface area contributed by atoms with Crippen LogP contribution in [0.4, 0.5) is 11.4 Å². The van der Waals surface area contributed by atoms with Crippen molar-refractivity contribution < 1.29 is 9.72 Å². The van der Waals surface area contributed by atoms with Gasteiger partial charge < -0.3 is 5.32 Å². The quantitative estimate of drug-likeness (QED) is 0.384. The van der Waals surface area contributed by atoms with Crippen molar-refractivity contribution in [2.75, 3.05) is 5.32 Å². The molecule has 2 atom stereocenters. The molecular weight excluding hydrogens is 451 g/mol. The molecule has 1 N–H and O–H groups in total. The van der Waals surface area contributed by atoms with Crippen molar-refractivity contribution in [2.24, 2.45) is 5.41 Å². The fourth-order valence-electron chi connectivity index (χ4n) is 5.51. The van der Waals surface area contributed by atoms with E-state index in [9.17, 15) is 14.9 Å². The van der Waals surface area contributed by atoms with E-state index < -0.39 is 15.8 Å². The monoisotopic (exact) mass is 470 g/mol. The maximum atomic E-state index is 13.8. The molecule has 1 aromatic heterocycles. The second-order valence-corrected chi connectivity index (χ2v) is 10.1. The van der Waals surface area contributed by atoms with E-state index in [4.69, 9.17) is 33.2 Å². The number of aromatic nitrogens is 2. The number of nitrogens with zero attached hydrogens (tertiary/aromatic N) is 3. The van der Waals surface area contributed by atoms with E-state index in [2.05, 4.69) is 26.1 Å². The van der Waals surface area contributed by atoms with E-state index in [1.165, 1.54) is 24.3 Å². The number of halogens is 2. The molecule has 164 valence electrons. The summed E-state index contributed by atoms with van der Waals surface area (Å²) in [5.74, 6) is -0.187. The molecule has 2 bridgehead atoms. The minimum Gasteiger partial charge on any atom is -0.325 e. The molecule has 7 nitrogen and oxygen atoms in total.